The molecule has 0 radical (unpaired) electrons. The second-order valence-corrected chi connectivity index (χ2v) is 10.5. The molecule has 1 aromatic carbocycles. The van der Waals surface area contributed by atoms with E-state index in [9.17, 15) is 0 Å². The van der Waals surface area contributed by atoms with E-state index in [0.29, 0.717) is 44.4 Å². The number of pyridine rings is 1. The van der Waals surface area contributed by atoms with E-state index in [1.54, 1.807) is 25.6 Å². The number of hydrogen-bond donors (Lipinski definition) is 0. The zero-order valence-corrected chi connectivity index (χ0v) is 22.2. The minimum absolute atomic E-state index is 0.322. The van der Waals surface area contributed by atoms with Crippen LogP contribution in [0.4, 0.5) is 5.82 Å². The van der Waals surface area contributed by atoms with Crippen molar-refractivity contribution >= 4 is 44.5 Å². The monoisotopic (exact) mass is 556 g/mol. The Kier molecular flexibility index (Phi) is 6.55. The Hall–Kier alpha value is -2.91. The number of rotatable bonds is 6. The molecule has 0 unspecified atom stereocenters. The van der Waals surface area contributed by atoms with Crippen LogP contribution >= 0.6 is 27.5 Å². The maximum absolute atomic E-state index is 6.36. The van der Waals surface area contributed by atoms with Crippen molar-refractivity contribution in [3.8, 4) is 17.4 Å². The van der Waals surface area contributed by atoms with Gasteiger partial charge >= 0.3 is 0 Å². The van der Waals surface area contributed by atoms with E-state index in [-0.39, 0.29) is 0 Å². The summed E-state index contributed by atoms with van der Waals surface area (Å²) < 4.78 is 13.7. The quantitative estimate of drug-likeness (QED) is 0.265. The number of piperidine rings is 1. The van der Waals surface area contributed by atoms with Gasteiger partial charge in [0.15, 0.2) is 16.9 Å². The number of hydrogen-bond acceptors (Lipinski definition) is 7. The summed E-state index contributed by atoms with van der Waals surface area (Å²) in [6, 6.07) is 9.53. The highest BCUT2D eigenvalue weighted by molar-refractivity contribution is 9.10. The molecule has 4 aromatic rings. The first-order valence-corrected chi connectivity index (χ1v) is 12.6. The molecule has 5 rings (SSSR count). The summed E-state index contributed by atoms with van der Waals surface area (Å²) in [5.74, 6) is 2.35. The maximum Gasteiger partial charge on any atom is 0.267 e. The van der Waals surface area contributed by atoms with Gasteiger partial charge in [-0.1, -0.05) is 37.6 Å². The van der Waals surface area contributed by atoms with Gasteiger partial charge in [0.1, 0.15) is 16.2 Å². The van der Waals surface area contributed by atoms with E-state index in [0.717, 1.165) is 43.1 Å². The summed E-state index contributed by atoms with van der Waals surface area (Å²) in [6.45, 7) is 7.02. The van der Waals surface area contributed by atoms with Crippen molar-refractivity contribution in [2.75, 3.05) is 25.1 Å². The van der Waals surface area contributed by atoms with Crippen LogP contribution in [0.15, 0.2) is 47.3 Å². The lowest BCUT2D eigenvalue weighted by atomic mass is 9.83. The summed E-state index contributed by atoms with van der Waals surface area (Å²) in [7, 11) is 1.65. The molecule has 1 fully saturated rings. The van der Waals surface area contributed by atoms with Gasteiger partial charge in [-0.2, -0.15) is 0 Å². The van der Waals surface area contributed by atoms with E-state index in [1.807, 2.05) is 28.9 Å². The molecule has 0 amide bonds. The lowest BCUT2D eigenvalue weighted by Gasteiger charge is -2.37. The number of anilines is 1. The van der Waals surface area contributed by atoms with Gasteiger partial charge in [-0.3, -0.25) is 0 Å². The summed E-state index contributed by atoms with van der Waals surface area (Å²) in [6.07, 6.45) is 5.62. The highest BCUT2D eigenvalue weighted by Gasteiger charge is 2.27. The van der Waals surface area contributed by atoms with Gasteiger partial charge in [0.05, 0.1) is 24.9 Å². The van der Waals surface area contributed by atoms with Crippen molar-refractivity contribution in [1.29, 1.82) is 0 Å². The first-order chi connectivity index (χ1) is 16.8. The van der Waals surface area contributed by atoms with Crippen molar-refractivity contribution in [1.82, 2.24) is 24.7 Å². The number of nitrogens with zero attached hydrogens (tertiary/aromatic N) is 6. The van der Waals surface area contributed by atoms with Gasteiger partial charge in [-0.15, -0.1) is 5.10 Å². The van der Waals surface area contributed by atoms with Crippen molar-refractivity contribution in [2.45, 2.75) is 33.2 Å². The lowest BCUT2D eigenvalue weighted by Crippen LogP contribution is -2.37. The van der Waals surface area contributed by atoms with Crippen LogP contribution in [0.3, 0.4) is 0 Å². The molecule has 0 bridgehead atoms. The highest BCUT2D eigenvalue weighted by atomic mass is 79.9. The van der Waals surface area contributed by atoms with Gasteiger partial charge in [0.2, 0.25) is 0 Å². The molecular weight excluding hydrogens is 532 g/mol. The normalized spacial score (nSPS) is 15.4. The third kappa shape index (κ3) is 5.06. The minimum Gasteiger partial charge on any atom is -0.497 e. The van der Waals surface area contributed by atoms with E-state index < -0.39 is 0 Å². The molecule has 0 spiro atoms. The first kappa shape index (κ1) is 23.8. The van der Waals surface area contributed by atoms with Crippen LogP contribution in [0.1, 0.15) is 32.3 Å². The van der Waals surface area contributed by atoms with E-state index in [1.165, 1.54) is 0 Å². The second-order valence-electron chi connectivity index (χ2n) is 9.38. The smallest absolute Gasteiger partial charge is 0.267 e. The molecule has 1 aliphatic heterocycles. The average Bonchev–Trinajstić information content (AvgIpc) is 3.18. The van der Waals surface area contributed by atoms with Crippen LogP contribution in [0.25, 0.3) is 11.2 Å². The van der Waals surface area contributed by atoms with Gasteiger partial charge in [-0.25, -0.2) is 19.6 Å². The number of halogens is 2. The SMILES string of the molecule is COc1ccc(Cn2nc(Oc3c(Cl)ccnc3Br)c3ncc(N4CCC(C)(C)CC4)nc32)cc1. The van der Waals surface area contributed by atoms with Gasteiger partial charge in [0, 0.05) is 19.3 Å². The molecule has 4 heterocycles. The number of ether oxygens (including phenoxy) is 2. The number of benzene rings is 1. The average molecular weight is 558 g/mol. The standard InChI is InChI=1S/C25H26BrClN6O2/c1-25(2)9-12-32(13-10-25)19-14-29-20-23(30-19)33(15-16-4-6-17(34-3)7-5-16)31-24(20)35-21-18(27)8-11-28-22(21)26/h4-8,11,14H,9-10,12-13,15H2,1-3H3. The third-order valence-corrected chi connectivity index (χ3v) is 7.21. The van der Waals surface area contributed by atoms with Crippen LogP contribution < -0.4 is 14.4 Å². The zero-order valence-electron chi connectivity index (χ0n) is 19.8. The molecule has 0 atom stereocenters. The predicted octanol–water partition coefficient (Wildman–Crippen LogP) is 6.11. The van der Waals surface area contributed by atoms with E-state index >= 15 is 0 Å². The van der Waals surface area contributed by atoms with Crippen LogP contribution in [-0.2, 0) is 6.54 Å². The minimum atomic E-state index is 0.322. The van der Waals surface area contributed by atoms with Crippen LogP contribution in [-0.4, -0.2) is 44.9 Å². The fourth-order valence-corrected chi connectivity index (χ4v) is 4.78. The first-order valence-electron chi connectivity index (χ1n) is 11.4. The largest absolute Gasteiger partial charge is 0.497 e. The van der Waals surface area contributed by atoms with Crippen LogP contribution in [0, 0.1) is 5.41 Å². The Bertz CT molecular complexity index is 1330. The molecule has 10 heteroatoms. The van der Waals surface area contributed by atoms with E-state index in [4.69, 9.17) is 36.1 Å². The third-order valence-electron chi connectivity index (χ3n) is 6.34. The van der Waals surface area contributed by atoms with Crippen molar-refractivity contribution in [3.63, 3.8) is 0 Å². The molecule has 8 nitrogen and oxygen atoms in total. The van der Waals surface area contributed by atoms with Crippen molar-refractivity contribution < 1.29 is 9.47 Å². The highest BCUT2D eigenvalue weighted by Crippen LogP contribution is 2.37. The molecule has 0 aliphatic carbocycles. The lowest BCUT2D eigenvalue weighted by molar-refractivity contribution is 0.279. The fraction of sp³-hybridized carbons (Fsp3) is 0.360. The van der Waals surface area contributed by atoms with Crippen LogP contribution in [0.5, 0.6) is 17.4 Å². The topological polar surface area (TPSA) is 78.2 Å². The van der Waals surface area contributed by atoms with Crippen molar-refractivity contribution in [3.05, 3.63) is 57.9 Å². The molecule has 3 aromatic heterocycles. The predicted molar refractivity (Wildman–Crippen MR) is 140 cm³/mol. The molecular formula is C25H26BrClN6O2. The number of aromatic nitrogens is 5. The fourth-order valence-electron chi connectivity index (χ4n) is 4.07. The Labute approximate surface area is 217 Å². The second kappa shape index (κ2) is 9.62. The van der Waals surface area contributed by atoms with Crippen molar-refractivity contribution in [2.24, 2.45) is 5.41 Å². The van der Waals surface area contributed by atoms with Gasteiger partial charge in [0.25, 0.3) is 5.88 Å². The Morgan fingerprint density at radius 1 is 1.09 bits per heavy atom. The molecule has 182 valence electrons. The summed E-state index contributed by atoms with van der Waals surface area (Å²) in [4.78, 5) is 16.2. The molecule has 0 N–H and O–H groups in total. The maximum atomic E-state index is 6.36. The number of methoxy groups -OCH3 is 1. The van der Waals surface area contributed by atoms with E-state index in [2.05, 4.69) is 39.7 Å². The molecule has 35 heavy (non-hydrogen) atoms. The summed E-state index contributed by atoms with van der Waals surface area (Å²) in [5, 5.41) is 5.15. The zero-order chi connectivity index (χ0) is 24.6. The van der Waals surface area contributed by atoms with Gasteiger partial charge < -0.3 is 14.4 Å². The molecule has 0 saturated carbocycles. The Morgan fingerprint density at radius 2 is 1.83 bits per heavy atom. The van der Waals surface area contributed by atoms with Crippen LogP contribution in [0.2, 0.25) is 5.02 Å². The molecule has 1 aliphatic rings. The number of fused-ring (bicyclic) bond motifs is 1. The Balaban J connectivity index is 1.54. The molecule has 1 saturated heterocycles. The summed E-state index contributed by atoms with van der Waals surface area (Å²) in [5.41, 5.74) is 2.61. The van der Waals surface area contributed by atoms with Gasteiger partial charge in [-0.05, 0) is 57.9 Å². The Morgan fingerprint density at radius 3 is 2.51 bits per heavy atom. The summed E-state index contributed by atoms with van der Waals surface area (Å²) >= 11 is 9.77.